The fourth-order valence-electron chi connectivity index (χ4n) is 3.80. The molecule has 2 saturated heterocycles. The molecule has 2 aliphatic heterocycles. The van der Waals surface area contributed by atoms with Gasteiger partial charge in [0.1, 0.15) is 16.9 Å². The van der Waals surface area contributed by atoms with Gasteiger partial charge < -0.3 is 19.3 Å². The number of nitrogens with zero attached hydrogens (tertiary/aromatic N) is 4. The van der Waals surface area contributed by atoms with E-state index < -0.39 is 0 Å². The van der Waals surface area contributed by atoms with Gasteiger partial charge in [0, 0.05) is 44.2 Å². The number of carbonyl (C=O) groups is 1. The second-order valence-corrected chi connectivity index (χ2v) is 8.61. The molecule has 0 bridgehead atoms. The average molecular weight is 445 g/mol. The van der Waals surface area contributed by atoms with Crippen molar-refractivity contribution in [2.24, 2.45) is 0 Å². The number of pyridine rings is 1. The number of anilines is 1. The molecule has 0 N–H and O–H groups in total. The average Bonchev–Trinajstić information content (AvgIpc) is 3.45. The number of fused-ring (bicyclic) bond motifs is 1. The van der Waals surface area contributed by atoms with Crippen LogP contribution in [0.3, 0.4) is 0 Å². The molecule has 30 heavy (non-hydrogen) atoms. The van der Waals surface area contributed by atoms with E-state index in [0.29, 0.717) is 42.8 Å². The number of hydrogen-bond donors (Lipinski definition) is 0. The fourth-order valence-corrected chi connectivity index (χ4v) is 4.80. The number of amides is 1. The van der Waals surface area contributed by atoms with Crippen LogP contribution in [0.2, 0.25) is 5.02 Å². The normalized spacial score (nSPS) is 19.4. The molecule has 2 fully saturated rings. The summed E-state index contributed by atoms with van der Waals surface area (Å²) in [5.41, 5.74) is 0.475. The number of carbonyl (C=O) groups excluding carboxylic acids is 1. The quantitative estimate of drug-likeness (QED) is 0.613. The Morgan fingerprint density at radius 2 is 2.07 bits per heavy atom. The highest BCUT2D eigenvalue weighted by atomic mass is 35.5. The van der Waals surface area contributed by atoms with E-state index in [1.807, 2.05) is 17.0 Å². The van der Waals surface area contributed by atoms with E-state index in [1.165, 1.54) is 21.6 Å². The van der Waals surface area contributed by atoms with Gasteiger partial charge >= 0.3 is 0 Å². The number of aromatic nitrogens is 2. The Morgan fingerprint density at radius 3 is 2.83 bits per heavy atom. The van der Waals surface area contributed by atoms with Gasteiger partial charge in [0.05, 0.1) is 23.5 Å². The zero-order valence-corrected chi connectivity index (χ0v) is 17.9. The van der Waals surface area contributed by atoms with Crippen molar-refractivity contribution in [2.45, 2.75) is 12.5 Å². The largest absolute Gasteiger partial charge is 0.471 e. The van der Waals surface area contributed by atoms with Crippen molar-refractivity contribution in [3.8, 4) is 5.88 Å². The van der Waals surface area contributed by atoms with Gasteiger partial charge in [-0.25, -0.2) is 4.98 Å². The summed E-state index contributed by atoms with van der Waals surface area (Å²) >= 11 is 7.83. The first-order valence-corrected chi connectivity index (χ1v) is 11.1. The van der Waals surface area contributed by atoms with Gasteiger partial charge in [-0.15, -0.1) is 0 Å². The molecule has 0 saturated carbocycles. The summed E-state index contributed by atoms with van der Waals surface area (Å²) in [5, 5.41) is 1.52. The summed E-state index contributed by atoms with van der Waals surface area (Å²) in [5.74, 6) is 1.29. The third-order valence-corrected chi connectivity index (χ3v) is 6.53. The monoisotopic (exact) mass is 444 g/mol. The highest BCUT2D eigenvalue weighted by Crippen LogP contribution is 2.30. The molecule has 156 valence electrons. The number of hydrogen-bond acceptors (Lipinski definition) is 7. The Bertz CT molecular complexity index is 1060. The summed E-state index contributed by atoms with van der Waals surface area (Å²) in [6.07, 6.45) is 2.32. The Morgan fingerprint density at radius 1 is 1.23 bits per heavy atom. The molecule has 1 aromatic carbocycles. The molecule has 0 aliphatic carbocycles. The molecular formula is C21H21ClN4O3S. The topological polar surface area (TPSA) is 67.8 Å². The minimum absolute atomic E-state index is 0.0357. The molecular weight excluding hydrogens is 424 g/mol. The van der Waals surface area contributed by atoms with Crippen molar-refractivity contribution in [3.63, 3.8) is 0 Å². The summed E-state index contributed by atoms with van der Waals surface area (Å²) in [4.78, 5) is 21.3. The first-order chi connectivity index (χ1) is 14.7. The highest BCUT2D eigenvalue weighted by Gasteiger charge is 2.26. The van der Waals surface area contributed by atoms with Crippen LogP contribution in [0.15, 0.2) is 36.5 Å². The number of halogens is 1. The van der Waals surface area contributed by atoms with Crippen LogP contribution in [0.5, 0.6) is 5.88 Å². The van der Waals surface area contributed by atoms with Crippen LogP contribution < -0.4 is 9.64 Å². The minimum atomic E-state index is -0.0667. The van der Waals surface area contributed by atoms with Crippen LogP contribution in [-0.4, -0.2) is 65.7 Å². The maximum atomic E-state index is 12.9. The zero-order chi connectivity index (χ0) is 20.5. The smallest absolute Gasteiger partial charge is 0.255 e. The molecule has 2 aromatic heterocycles. The Kier molecular flexibility index (Phi) is 5.45. The van der Waals surface area contributed by atoms with Gasteiger partial charge in [-0.1, -0.05) is 23.7 Å². The molecule has 0 spiro atoms. The Labute approximate surface area is 183 Å². The molecule has 4 heterocycles. The minimum Gasteiger partial charge on any atom is -0.471 e. The van der Waals surface area contributed by atoms with E-state index >= 15 is 0 Å². The summed E-state index contributed by atoms with van der Waals surface area (Å²) in [6, 6.07) is 9.88. The van der Waals surface area contributed by atoms with Crippen LogP contribution in [0, 0.1) is 0 Å². The molecule has 2 aliphatic rings. The van der Waals surface area contributed by atoms with Crippen molar-refractivity contribution in [3.05, 3.63) is 47.1 Å². The molecule has 9 heteroatoms. The lowest BCUT2D eigenvalue weighted by atomic mass is 10.2. The lowest BCUT2D eigenvalue weighted by Gasteiger charge is -2.35. The van der Waals surface area contributed by atoms with Crippen LogP contribution >= 0.6 is 23.1 Å². The van der Waals surface area contributed by atoms with Crippen molar-refractivity contribution in [1.29, 1.82) is 0 Å². The SMILES string of the molecule is O=C(c1cnc(O[C@H]2CCOC2)c(Cl)c1)N1CCN(c2nsc3ccccc23)CC1. The summed E-state index contributed by atoms with van der Waals surface area (Å²) in [7, 11) is 0. The van der Waals surface area contributed by atoms with Gasteiger partial charge in [0.15, 0.2) is 0 Å². The zero-order valence-electron chi connectivity index (χ0n) is 16.3. The van der Waals surface area contributed by atoms with Crippen LogP contribution in [0.4, 0.5) is 5.82 Å². The third kappa shape index (κ3) is 3.82. The molecule has 0 radical (unpaired) electrons. The van der Waals surface area contributed by atoms with E-state index in [-0.39, 0.29) is 12.0 Å². The van der Waals surface area contributed by atoms with E-state index in [1.54, 1.807) is 12.3 Å². The van der Waals surface area contributed by atoms with Crippen molar-refractivity contribution in [2.75, 3.05) is 44.3 Å². The van der Waals surface area contributed by atoms with E-state index in [4.69, 9.17) is 21.1 Å². The van der Waals surface area contributed by atoms with Crippen LogP contribution in [0.1, 0.15) is 16.8 Å². The standard InChI is InChI=1S/C21H21ClN4O3S/c22-17-11-14(12-23-20(17)29-15-5-10-28-13-15)21(27)26-8-6-25(7-9-26)19-16-3-1-2-4-18(16)30-24-19/h1-4,11-12,15H,5-10,13H2/t15-/m0/s1. The highest BCUT2D eigenvalue weighted by molar-refractivity contribution is 7.13. The predicted molar refractivity (Wildman–Crippen MR) is 117 cm³/mol. The maximum Gasteiger partial charge on any atom is 0.255 e. The van der Waals surface area contributed by atoms with Crippen molar-refractivity contribution in [1.82, 2.24) is 14.3 Å². The Balaban J connectivity index is 1.23. The van der Waals surface area contributed by atoms with Crippen LogP contribution in [-0.2, 0) is 4.74 Å². The van der Waals surface area contributed by atoms with Gasteiger partial charge in [0.25, 0.3) is 5.91 Å². The lowest BCUT2D eigenvalue weighted by Crippen LogP contribution is -2.49. The molecule has 3 aromatic rings. The summed E-state index contributed by atoms with van der Waals surface area (Å²) in [6.45, 7) is 3.95. The fraction of sp³-hybridized carbons (Fsp3) is 0.381. The summed E-state index contributed by atoms with van der Waals surface area (Å²) < 4.78 is 16.9. The van der Waals surface area contributed by atoms with Gasteiger partial charge in [0.2, 0.25) is 5.88 Å². The third-order valence-electron chi connectivity index (χ3n) is 5.45. The van der Waals surface area contributed by atoms with E-state index in [9.17, 15) is 4.79 Å². The Hall–Kier alpha value is -2.42. The lowest BCUT2D eigenvalue weighted by molar-refractivity contribution is 0.0746. The predicted octanol–water partition coefficient (Wildman–Crippen LogP) is 3.47. The number of ether oxygens (including phenoxy) is 2. The van der Waals surface area contributed by atoms with Crippen molar-refractivity contribution < 1.29 is 14.3 Å². The molecule has 0 unspecified atom stereocenters. The molecule has 1 atom stereocenters. The van der Waals surface area contributed by atoms with Crippen molar-refractivity contribution >= 4 is 44.9 Å². The molecule has 5 rings (SSSR count). The number of piperazine rings is 1. The van der Waals surface area contributed by atoms with E-state index in [0.717, 1.165) is 25.3 Å². The van der Waals surface area contributed by atoms with Crippen LogP contribution in [0.25, 0.3) is 10.1 Å². The second-order valence-electron chi connectivity index (χ2n) is 7.40. The molecule has 1 amide bonds. The molecule has 7 nitrogen and oxygen atoms in total. The number of rotatable bonds is 4. The first kappa shape index (κ1) is 19.5. The van der Waals surface area contributed by atoms with E-state index in [2.05, 4.69) is 26.4 Å². The first-order valence-electron chi connectivity index (χ1n) is 9.97. The van der Waals surface area contributed by atoms with Gasteiger partial charge in [-0.2, -0.15) is 4.37 Å². The van der Waals surface area contributed by atoms with Gasteiger partial charge in [-0.05, 0) is 29.7 Å². The maximum absolute atomic E-state index is 12.9. The second kappa shape index (κ2) is 8.37. The number of benzene rings is 1. The van der Waals surface area contributed by atoms with Gasteiger partial charge in [-0.3, -0.25) is 4.79 Å².